The van der Waals surface area contributed by atoms with E-state index in [4.69, 9.17) is 10.00 Å². The predicted octanol–water partition coefficient (Wildman–Crippen LogP) is 2.79. The third kappa shape index (κ3) is 4.25. The Kier molecular flexibility index (Phi) is 4.78. The van der Waals surface area contributed by atoms with Gasteiger partial charge in [0.05, 0.1) is 6.42 Å². The number of aliphatic imine (C=N–C) groups is 1. The van der Waals surface area contributed by atoms with Crippen LogP contribution in [0.3, 0.4) is 0 Å². The third-order valence-corrected chi connectivity index (χ3v) is 2.71. The van der Waals surface area contributed by atoms with E-state index in [0.29, 0.717) is 11.3 Å². The number of ketones is 1. The van der Waals surface area contributed by atoms with Crippen molar-refractivity contribution in [2.45, 2.75) is 13.3 Å². The molecule has 1 heterocycles. The molecular weight excluding hydrogens is 266 g/mol. The van der Waals surface area contributed by atoms with Gasteiger partial charge in [0.2, 0.25) is 12.1 Å². The molecule has 0 amide bonds. The number of hydrogen-bond donors (Lipinski definition) is 0. The lowest BCUT2D eigenvalue weighted by Crippen LogP contribution is -2.12. The Morgan fingerprint density at radius 1 is 1.33 bits per heavy atom. The summed E-state index contributed by atoms with van der Waals surface area (Å²) in [6.45, 7) is 1.48. The van der Waals surface area contributed by atoms with Crippen molar-refractivity contribution in [3.63, 3.8) is 0 Å². The van der Waals surface area contributed by atoms with E-state index in [2.05, 4.69) is 9.98 Å². The molecule has 0 aliphatic heterocycles. The number of nitrogens with zero attached hydrogens (tertiary/aromatic N) is 3. The van der Waals surface area contributed by atoms with Gasteiger partial charge in [-0.3, -0.25) is 9.78 Å². The Balaban J connectivity index is 2.18. The van der Waals surface area contributed by atoms with Crippen molar-refractivity contribution in [3.05, 3.63) is 59.9 Å². The van der Waals surface area contributed by atoms with Gasteiger partial charge in [-0.1, -0.05) is 18.2 Å². The van der Waals surface area contributed by atoms with E-state index < -0.39 is 0 Å². The van der Waals surface area contributed by atoms with Gasteiger partial charge >= 0.3 is 0 Å². The number of benzene rings is 1. The molecule has 0 spiro atoms. The van der Waals surface area contributed by atoms with Gasteiger partial charge in [-0.2, -0.15) is 5.26 Å². The highest BCUT2D eigenvalue weighted by Gasteiger charge is 2.08. The fourth-order valence-corrected chi connectivity index (χ4v) is 1.73. The lowest BCUT2D eigenvalue weighted by atomic mass is 10.1. The molecule has 0 aliphatic carbocycles. The highest BCUT2D eigenvalue weighted by molar-refractivity contribution is 5.94. The molecule has 2 rings (SSSR count). The summed E-state index contributed by atoms with van der Waals surface area (Å²) in [4.78, 5) is 19.0. The van der Waals surface area contributed by atoms with E-state index >= 15 is 0 Å². The second-order valence-electron chi connectivity index (χ2n) is 4.34. The van der Waals surface area contributed by atoms with Gasteiger partial charge in [0.1, 0.15) is 5.75 Å². The maximum Gasteiger partial charge on any atom is 0.210 e. The molecule has 5 nitrogen and oxygen atoms in total. The van der Waals surface area contributed by atoms with Crippen LogP contribution in [0, 0.1) is 11.5 Å². The zero-order valence-electron chi connectivity index (χ0n) is 11.5. The first kappa shape index (κ1) is 14.4. The Morgan fingerprint density at radius 3 is 2.76 bits per heavy atom. The van der Waals surface area contributed by atoms with Crippen molar-refractivity contribution < 1.29 is 9.53 Å². The van der Waals surface area contributed by atoms with Crippen molar-refractivity contribution >= 4 is 11.7 Å². The van der Waals surface area contributed by atoms with Gasteiger partial charge in [-0.05, 0) is 30.7 Å². The Morgan fingerprint density at radius 2 is 2.10 bits per heavy atom. The first-order valence-corrected chi connectivity index (χ1v) is 6.32. The molecule has 0 fully saturated rings. The molecular formula is C16H13N3O2. The molecule has 2 aromatic rings. The monoisotopic (exact) mass is 279 g/mol. The number of para-hydroxylation sites is 1. The number of ether oxygens (including phenoxy) is 1. The van der Waals surface area contributed by atoms with Crippen molar-refractivity contribution in [2.24, 2.45) is 4.99 Å². The summed E-state index contributed by atoms with van der Waals surface area (Å²) in [6, 6.07) is 10.8. The summed E-state index contributed by atoms with van der Waals surface area (Å²) < 4.78 is 5.57. The Hall–Kier alpha value is -3.00. The van der Waals surface area contributed by atoms with E-state index in [0.717, 1.165) is 5.56 Å². The number of hydrogen-bond acceptors (Lipinski definition) is 5. The number of aromatic nitrogens is 1. The predicted molar refractivity (Wildman–Crippen MR) is 78.1 cm³/mol. The normalized spacial score (nSPS) is 10.8. The van der Waals surface area contributed by atoms with E-state index in [-0.39, 0.29) is 18.1 Å². The maximum atomic E-state index is 11.3. The first-order chi connectivity index (χ1) is 10.2. The lowest BCUT2D eigenvalue weighted by Gasteiger charge is -2.08. The summed E-state index contributed by atoms with van der Waals surface area (Å²) >= 11 is 0. The smallest absolute Gasteiger partial charge is 0.210 e. The summed E-state index contributed by atoms with van der Waals surface area (Å²) in [5, 5.41) is 8.75. The molecule has 1 aromatic carbocycles. The lowest BCUT2D eigenvalue weighted by molar-refractivity contribution is 0.101. The van der Waals surface area contributed by atoms with Crippen molar-refractivity contribution in [1.82, 2.24) is 4.98 Å². The van der Waals surface area contributed by atoms with Gasteiger partial charge in [0, 0.05) is 18.0 Å². The van der Waals surface area contributed by atoms with Gasteiger partial charge in [0.25, 0.3) is 0 Å². The van der Waals surface area contributed by atoms with E-state index in [9.17, 15) is 4.79 Å². The van der Waals surface area contributed by atoms with Crippen LogP contribution in [0.25, 0.3) is 0 Å². The third-order valence-electron chi connectivity index (χ3n) is 2.71. The average molecular weight is 279 g/mol. The molecule has 0 radical (unpaired) electrons. The van der Waals surface area contributed by atoms with E-state index in [1.165, 1.54) is 13.1 Å². The average Bonchev–Trinajstić information content (AvgIpc) is 2.49. The Bertz CT molecular complexity index is 703. The van der Waals surface area contributed by atoms with Crippen molar-refractivity contribution in [3.8, 4) is 11.9 Å². The molecule has 0 N–H and O–H groups in total. The van der Waals surface area contributed by atoms with Gasteiger partial charge in [-0.15, -0.1) is 4.99 Å². The van der Waals surface area contributed by atoms with E-state index in [1.54, 1.807) is 30.6 Å². The fraction of sp³-hybridized carbons (Fsp3) is 0.125. The van der Waals surface area contributed by atoms with Gasteiger partial charge < -0.3 is 4.74 Å². The summed E-state index contributed by atoms with van der Waals surface area (Å²) in [7, 11) is 0. The van der Waals surface area contributed by atoms with Crippen molar-refractivity contribution in [1.29, 1.82) is 5.26 Å². The molecule has 5 heteroatoms. The molecule has 0 atom stereocenters. The summed E-state index contributed by atoms with van der Waals surface area (Å²) in [5.74, 6) is 0.792. The van der Waals surface area contributed by atoms with Crippen molar-refractivity contribution in [2.75, 3.05) is 0 Å². The Labute approximate surface area is 122 Å². The highest BCUT2D eigenvalue weighted by atomic mass is 16.5. The minimum absolute atomic E-state index is 0.0629. The molecule has 0 bridgehead atoms. The van der Waals surface area contributed by atoms with Crippen LogP contribution in [-0.2, 0) is 6.42 Å². The van der Waals surface area contributed by atoms with E-state index in [1.807, 2.05) is 18.2 Å². The number of carbonyl (C=O) groups excluding carboxylic acids is 1. The molecule has 0 saturated heterocycles. The zero-order valence-corrected chi connectivity index (χ0v) is 11.5. The van der Waals surface area contributed by atoms with Gasteiger partial charge in [-0.25, -0.2) is 0 Å². The maximum absolute atomic E-state index is 11.3. The first-order valence-electron chi connectivity index (χ1n) is 6.32. The minimum atomic E-state index is -0.0629. The van der Waals surface area contributed by atoms with Crippen LogP contribution in [-0.4, -0.2) is 16.7 Å². The molecule has 0 unspecified atom stereocenters. The molecule has 0 aliphatic rings. The van der Waals surface area contributed by atoms with Crippen LogP contribution < -0.4 is 4.74 Å². The second kappa shape index (κ2) is 6.96. The highest BCUT2D eigenvalue weighted by Crippen LogP contribution is 2.12. The molecule has 21 heavy (non-hydrogen) atoms. The van der Waals surface area contributed by atoms with Crippen LogP contribution in [0.15, 0.2) is 53.8 Å². The topological polar surface area (TPSA) is 75.3 Å². The minimum Gasteiger partial charge on any atom is -0.442 e. The fourth-order valence-electron chi connectivity index (χ4n) is 1.73. The SMILES string of the molecule is CC(=O)c1cncc(CC(=NC#N)Oc2ccccc2)c1. The van der Waals surface area contributed by atoms with Gasteiger partial charge in [0.15, 0.2) is 5.78 Å². The number of nitriles is 1. The largest absolute Gasteiger partial charge is 0.442 e. The van der Waals surface area contributed by atoms with Crippen LogP contribution in [0.2, 0.25) is 0 Å². The standard InChI is InChI=1S/C16H13N3O2/c1-12(20)14-7-13(9-18-10-14)8-16(19-11-17)21-15-5-3-2-4-6-15/h2-7,9-10H,8H2,1H3. The molecule has 0 saturated carbocycles. The number of carbonyl (C=O) groups is 1. The second-order valence-corrected chi connectivity index (χ2v) is 4.34. The van der Waals surface area contributed by atoms with Crippen LogP contribution in [0.1, 0.15) is 22.8 Å². The van der Waals surface area contributed by atoms with Crippen LogP contribution in [0.5, 0.6) is 5.75 Å². The zero-order chi connectivity index (χ0) is 15.1. The molecule has 104 valence electrons. The number of Topliss-reactive ketones (excluding diaryl/α,β-unsaturated/α-hetero) is 1. The molecule has 1 aromatic heterocycles. The van der Waals surface area contributed by atoms with Crippen LogP contribution in [0.4, 0.5) is 0 Å². The summed E-state index contributed by atoms with van der Waals surface area (Å²) in [6.07, 6.45) is 5.13. The quantitative estimate of drug-likeness (QED) is 0.373. The number of rotatable bonds is 4. The summed E-state index contributed by atoms with van der Waals surface area (Å²) in [5.41, 5.74) is 1.27. The number of pyridine rings is 1. The van der Waals surface area contributed by atoms with Crippen LogP contribution >= 0.6 is 0 Å².